The number of halogens is 1. The van der Waals surface area contributed by atoms with Crippen LogP contribution in [0.3, 0.4) is 0 Å². The van der Waals surface area contributed by atoms with Crippen molar-refractivity contribution >= 4 is 41.7 Å². The zero-order chi connectivity index (χ0) is 15.5. The van der Waals surface area contributed by atoms with Gasteiger partial charge in [0.25, 0.3) is 5.91 Å². The average molecular weight is 344 g/mol. The number of carbonyl (C=O) groups excluding carboxylic acids is 2. The summed E-state index contributed by atoms with van der Waals surface area (Å²) in [4.78, 5) is 26.1. The van der Waals surface area contributed by atoms with Crippen LogP contribution in [0.4, 0.5) is 5.69 Å². The molecule has 1 heterocycles. The lowest BCUT2D eigenvalue weighted by atomic mass is 10.1. The van der Waals surface area contributed by atoms with Crippen LogP contribution in [0.25, 0.3) is 0 Å². The van der Waals surface area contributed by atoms with Crippen molar-refractivity contribution in [3.8, 4) is 0 Å². The molecule has 3 N–H and O–H groups in total. The second kappa shape index (κ2) is 7.85. The third kappa shape index (κ3) is 4.90. The van der Waals surface area contributed by atoms with Gasteiger partial charge in [-0.1, -0.05) is 6.07 Å². The van der Waals surface area contributed by atoms with Crippen LogP contribution in [0.5, 0.6) is 0 Å². The van der Waals surface area contributed by atoms with Gasteiger partial charge in [-0.25, -0.2) is 0 Å². The number of anilines is 1. The van der Waals surface area contributed by atoms with Gasteiger partial charge in [0.1, 0.15) is 0 Å². The van der Waals surface area contributed by atoms with Gasteiger partial charge in [0.05, 0.1) is 5.54 Å². The molecule has 1 saturated heterocycles. The molecule has 0 bridgehead atoms. The van der Waals surface area contributed by atoms with Gasteiger partial charge in [-0.3, -0.25) is 9.59 Å². The minimum Gasteiger partial charge on any atom is -0.337 e. The molecular weight excluding hydrogens is 322 g/mol. The second-order valence-electron chi connectivity index (χ2n) is 5.66. The molecule has 0 spiro atoms. The number of benzene rings is 1. The summed E-state index contributed by atoms with van der Waals surface area (Å²) in [5.74, 6) is 1.69. The smallest absolute Gasteiger partial charge is 0.253 e. The van der Waals surface area contributed by atoms with Crippen molar-refractivity contribution in [2.75, 3.05) is 29.9 Å². The molecule has 2 rings (SSSR count). The first-order valence-corrected chi connectivity index (χ1v) is 8.11. The van der Waals surface area contributed by atoms with E-state index in [4.69, 9.17) is 5.73 Å². The summed E-state index contributed by atoms with van der Waals surface area (Å²) in [6, 6.07) is 7.00. The van der Waals surface area contributed by atoms with Crippen LogP contribution in [-0.4, -0.2) is 46.8 Å². The van der Waals surface area contributed by atoms with Gasteiger partial charge in [-0.15, -0.1) is 12.4 Å². The first-order valence-electron chi connectivity index (χ1n) is 6.95. The fraction of sp³-hybridized carbons (Fsp3) is 0.467. The molecule has 0 aromatic heterocycles. The summed E-state index contributed by atoms with van der Waals surface area (Å²) >= 11 is 1.86. The highest BCUT2D eigenvalue weighted by Gasteiger charge is 2.23. The third-order valence-electron chi connectivity index (χ3n) is 3.25. The molecule has 0 unspecified atom stereocenters. The van der Waals surface area contributed by atoms with Crippen LogP contribution in [0.2, 0.25) is 0 Å². The first-order chi connectivity index (χ1) is 9.88. The lowest BCUT2D eigenvalue weighted by molar-refractivity contribution is -0.120. The van der Waals surface area contributed by atoms with E-state index in [0.29, 0.717) is 11.3 Å². The van der Waals surface area contributed by atoms with Crippen LogP contribution >= 0.6 is 24.2 Å². The third-order valence-corrected chi connectivity index (χ3v) is 4.19. The Bertz CT molecular complexity index is 540. The van der Waals surface area contributed by atoms with Crippen molar-refractivity contribution in [1.29, 1.82) is 0 Å². The van der Waals surface area contributed by atoms with E-state index in [1.165, 1.54) is 0 Å². The Kier molecular flexibility index (Phi) is 6.71. The van der Waals surface area contributed by atoms with Crippen molar-refractivity contribution < 1.29 is 9.59 Å². The second-order valence-corrected chi connectivity index (χ2v) is 6.89. The van der Waals surface area contributed by atoms with Crippen LogP contribution in [0.1, 0.15) is 24.2 Å². The molecular formula is C15H22ClN3O2S. The zero-order valence-corrected chi connectivity index (χ0v) is 14.4. The number of amides is 2. The Hall–Kier alpha value is -1.24. The van der Waals surface area contributed by atoms with E-state index in [9.17, 15) is 9.59 Å². The van der Waals surface area contributed by atoms with Crippen molar-refractivity contribution in [2.24, 2.45) is 5.73 Å². The van der Waals surface area contributed by atoms with E-state index >= 15 is 0 Å². The predicted molar refractivity (Wildman–Crippen MR) is 93.8 cm³/mol. The summed E-state index contributed by atoms with van der Waals surface area (Å²) in [7, 11) is 0. The molecule has 122 valence electrons. The Morgan fingerprint density at radius 3 is 2.50 bits per heavy atom. The van der Waals surface area contributed by atoms with E-state index in [1.54, 1.807) is 38.1 Å². The van der Waals surface area contributed by atoms with Gasteiger partial charge in [0.15, 0.2) is 0 Å². The summed E-state index contributed by atoms with van der Waals surface area (Å²) in [5.41, 5.74) is 5.98. The van der Waals surface area contributed by atoms with E-state index in [-0.39, 0.29) is 24.2 Å². The Morgan fingerprint density at radius 1 is 1.27 bits per heavy atom. The molecule has 1 aromatic rings. The first kappa shape index (κ1) is 18.8. The quantitative estimate of drug-likeness (QED) is 0.879. The number of hydrogen-bond acceptors (Lipinski definition) is 4. The molecule has 1 aliphatic rings. The monoisotopic (exact) mass is 343 g/mol. The number of nitrogens with one attached hydrogen (secondary N) is 1. The SMILES string of the molecule is CC(C)(N)C(=O)Nc1cccc(C(=O)N2CCSCC2)c1.Cl. The molecule has 0 aliphatic carbocycles. The highest BCUT2D eigenvalue weighted by molar-refractivity contribution is 7.99. The molecule has 1 aromatic carbocycles. The largest absolute Gasteiger partial charge is 0.337 e. The average Bonchev–Trinajstić information content (AvgIpc) is 2.46. The van der Waals surface area contributed by atoms with Crippen molar-refractivity contribution in [1.82, 2.24) is 4.90 Å². The summed E-state index contributed by atoms with van der Waals surface area (Å²) < 4.78 is 0. The standard InChI is InChI=1S/C15H21N3O2S.ClH/c1-15(2,16)14(20)17-12-5-3-4-11(10-12)13(19)18-6-8-21-9-7-18;/h3-5,10H,6-9,16H2,1-2H3,(H,17,20);1H. The minimum atomic E-state index is -0.954. The maximum Gasteiger partial charge on any atom is 0.253 e. The van der Waals surface area contributed by atoms with Crippen LogP contribution in [-0.2, 0) is 4.79 Å². The van der Waals surface area contributed by atoms with Crippen molar-refractivity contribution in [2.45, 2.75) is 19.4 Å². The Balaban J connectivity index is 0.00000242. The highest BCUT2D eigenvalue weighted by Crippen LogP contribution is 2.17. The van der Waals surface area contributed by atoms with Crippen LogP contribution in [0, 0.1) is 0 Å². The number of nitrogens with two attached hydrogens (primary N) is 1. The van der Waals surface area contributed by atoms with E-state index < -0.39 is 5.54 Å². The van der Waals surface area contributed by atoms with Gasteiger partial charge in [-0.2, -0.15) is 11.8 Å². The molecule has 7 heteroatoms. The van der Waals surface area contributed by atoms with Gasteiger partial charge in [-0.05, 0) is 32.0 Å². The molecule has 0 radical (unpaired) electrons. The predicted octanol–water partition coefficient (Wildman–Crippen LogP) is 1.97. The number of rotatable bonds is 3. The van der Waals surface area contributed by atoms with E-state index in [0.717, 1.165) is 24.6 Å². The maximum atomic E-state index is 12.4. The summed E-state index contributed by atoms with van der Waals surface area (Å²) in [6.45, 7) is 4.83. The van der Waals surface area contributed by atoms with E-state index in [1.807, 2.05) is 16.7 Å². The summed E-state index contributed by atoms with van der Waals surface area (Å²) in [5, 5.41) is 2.74. The lowest BCUT2D eigenvalue weighted by Gasteiger charge is -2.26. The molecule has 5 nitrogen and oxygen atoms in total. The molecule has 2 amide bonds. The summed E-state index contributed by atoms with van der Waals surface area (Å²) in [6.07, 6.45) is 0. The Labute approximate surface area is 141 Å². The van der Waals surface area contributed by atoms with Gasteiger partial charge in [0.2, 0.25) is 5.91 Å². The Morgan fingerprint density at radius 2 is 1.91 bits per heavy atom. The number of thioether (sulfide) groups is 1. The molecule has 1 aliphatic heterocycles. The van der Waals surface area contributed by atoms with Gasteiger partial charge < -0.3 is 16.0 Å². The molecule has 0 saturated carbocycles. The lowest BCUT2D eigenvalue weighted by Crippen LogP contribution is -2.45. The normalized spacial score (nSPS) is 15.0. The number of carbonyl (C=O) groups is 2. The fourth-order valence-corrected chi connectivity index (χ4v) is 2.87. The molecule has 22 heavy (non-hydrogen) atoms. The van der Waals surface area contributed by atoms with E-state index in [2.05, 4.69) is 5.32 Å². The van der Waals surface area contributed by atoms with Crippen molar-refractivity contribution in [3.63, 3.8) is 0 Å². The van der Waals surface area contributed by atoms with Crippen LogP contribution in [0.15, 0.2) is 24.3 Å². The molecule has 0 atom stereocenters. The zero-order valence-electron chi connectivity index (χ0n) is 12.8. The van der Waals surface area contributed by atoms with Gasteiger partial charge >= 0.3 is 0 Å². The highest BCUT2D eigenvalue weighted by atomic mass is 35.5. The van der Waals surface area contributed by atoms with Crippen LogP contribution < -0.4 is 11.1 Å². The fourth-order valence-electron chi connectivity index (χ4n) is 1.97. The maximum absolute atomic E-state index is 12.4. The minimum absolute atomic E-state index is 0. The van der Waals surface area contributed by atoms with Crippen molar-refractivity contribution in [3.05, 3.63) is 29.8 Å². The van der Waals surface area contributed by atoms with Gasteiger partial charge in [0, 0.05) is 35.8 Å². The molecule has 1 fully saturated rings. The number of nitrogens with zero attached hydrogens (tertiary/aromatic N) is 1. The topological polar surface area (TPSA) is 75.4 Å². The number of hydrogen-bond donors (Lipinski definition) is 2.